The number of aromatic nitrogens is 4. The van der Waals surface area contributed by atoms with Gasteiger partial charge in [0.2, 0.25) is 0 Å². The van der Waals surface area contributed by atoms with Crippen LogP contribution in [0.4, 0.5) is 0 Å². The number of carbonyl (C=O) groups is 1. The van der Waals surface area contributed by atoms with Crippen molar-refractivity contribution in [3.8, 4) is 0 Å². The molecular weight excluding hydrogens is 196 g/mol. The SMILES string of the molecule is O=CO.c1cnccn1.c1cnccn1. The zero-order valence-electron chi connectivity index (χ0n) is 7.84. The largest absolute Gasteiger partial charge is 0.483 e. The fourth-order valence-electron chi connectivity index (χ4n) is 0.507. The summed E-state index contributed by atoms with van der Waals surface area (Å²) in [6.45, 7) is -0.250. The second-order valence-corrected chi connectivity index (χ2v) is 1.89. The summed E-state index contributed by atoms with van der Waals surface area (Å²) >= 11 is 0. The first kappa shape index (κ1) is 12.6. The lowest BCUT2D eigenvalue weighted by Crippen LogP contribution is -1.66. The van der Waals surface area contributed by atoms with Crippen molar-refractivity contribution in [2.75, 3.05) is 0 Å². The summed E-state index contributed by atoms with van der Waals surface area (Å²) in [5, 5.41) is 6.89. The van der Waals surface area contributed by atoms with Crippen molar-refractivity contribution in [2.24, 2.45) is 0 Å². The molecule has 0 aliphatic carbocycles. The maximum atomic E-state index is 8.36. The van der Waals surface area contributed by atoms with Gasteiger partial charge in [0.1, 0.15) is 0 Å². The lowest BCUT2D eigenvalue weighted by Gasteiger charge is -1.70. The van der Waals surface area contributed by atoms with E-state index in [1.165, 1.54) is 0 Å². The Morgan fingerprint density at radius 3 is 0.867 bits per heavy atom. The highest BCUT2D eigenvalue weighted by Gasteiger charge is 1.59. The van der Waals surface area contributed by atoms with Crippen LogP contribution in [0.25, 0.3) is 0 Å². The summed E-state index contributed by atoms with van der Waals surface area (Å²) in [4.78, 5) is 23.2. The van der Waals surface area contributed by atoms with Gasteiger partial charge in [0.15, 0.2) is 0 Å². The molecule has 0 aromatic carbocycles. The number of hydrogen-bond donors (Lipinski definition) is 1. The second kappa shape index (κ2) is 11.6. The minimum Gasteiger partial charge on any atom is -0.483 e. The monoisotopic (exact) mass is 206 g/mol. The third kappa shape index (κ3) is 11.6. The molecule has 0 amide bonds. The van der Waals surface area contributed by atoms with Gasteiger partial charge in [0, 0.05) is 49.6 Å². The van der Waals surface area contributed by atoms with Crippen molar-refractivity contribution in [2.45, 2.75) is 0 Å². The van der Waals surface area contributed by atoms with E-state index in [9.17, 15) is 0 Å². The molecule has 2 aromatic rings. The van der Waals surface area contributed by atoms with E-state index in [0.717, 1.165) is 0 Å². The van der Waals surface area contributed by atoms with Crippen LogP contribution in [-0.4, -0.2) is 31.5 Å². The van der Waals surface area contributed by atoms with Gasteiger partial charge in [-0.3, -0.25) is 24.7 Å². The van der Waals surface area contributed by atoms with Crippen LogP contribution in [0, 0.1) is 0 Å². The normalized spacial score (nSPS) is 7.20. The van der Waals surface area contributed by atoms with E-state index in [4.69, 9.17) is 9.90 Å². The molecule has 2 heterocycles. The van der Waals surface area contributed by atoms with E-state index in [2.05, 4.69) is 19.9 Å². The minimum absolute atomic E-state index is 0.250. The smallest absolute Gasteiger partial charge is 0.290 e. The average Bonchev–Trinajstić information content (AvgIpc) is 2.35. The first-order valence-corrected chi connectivity index (χ1v) is 3.89. The summed E-state index contributed by atoms with van der Waals surface area (Å²) in [5.41, 5.74) is 0. The van der Waals surface area contributed by atoms with Crippen LogP contribution in [0.15, 0.2) is 49.6 Å². The van der Waals surface area contributed by atoms with E-state index in [-0.39, 0.29) is 6.47 Å². The van der Waals surface area contributed by atoms with Crippen molar-refractivity contribution in [3.05, 3.63) is 49.6 Å². The highest BCUT2D eigenvalue weighted by molar-refractivity contribution is 5.32. The van der Waals surface area contributed by atoms with Crippen LogP contribution in [0.2, 0.25) is 0 Å². The van der Waals surface area contributed by atoms with Crippen LogP contribution in [0.5, 0.6) is 0 Å². The molecule has 0 bridgehead atoms. The fraction of sp³-hybridized carbons (Fsp3) is 0. The Bertz CT molecular complexity index is 232. The summed E-state index contributed by atoms with van der Waals surface area (Å²) in [5.74, 6) is 0. The molecule has 0 radical (unpaired) electrons. The van der Waals surface area contributed by atoms with E-state index >= 15 is 0 Å². The van der Waals surface area contributed by atoms with Gasteiger partial charge in [0.05, 0.1) is 0 Å². The van der Waals surface area contributed by atoms with Gasteiger partial charge in [-0.2, -0.15) is 0 Å². The lowest BCUT2D eigenvalue weighted by molar-refractivity contribution is -0.122. The van der Waals surface area contributed by atoms with E-state index in [0.29, 0.717) is 0 Å². The Morgan fingerprint density at radius 1 is 0.667 bits per heavy atom. The molecule has 0 saturated carbocycles. The Labute approximate surface area is 86.7 Å². The van der Waals surface area contributed by atoms with Gasteiger partial charge in [-0.05, 0) is 0 Å². The third-order valence-corrected chi connectivity index (χ3v) is 0.955. The molecule has 0 fully saturated rings. The van der Waals surface area contributed by atoms with Crippen molar-refractivity contribution in [1.29, 1.82) is 0 Å². The standard InChI is InChI=1S/2C4H4N2.CH2O2/c2*1-2-6-4-3-5-1;2-1-3/h2*1-4H;1H,(H,2,3). The number of rotatable bonds is 0. The molecule has 0 atom stereocenters. The van der Waals surface area contributed by atoms with E-state index in [1.54, 1.807) is 49.6 Å². The molecule has 0 aliphatic rings. The molecule has 0 spiro atoms. The Kier molecular flexibility index (Phi) is 9.79. The maximum Gasteiger partial charge on any atom is 0.290 e. The quantitative estimate of drug-likeness (QED) is 0.637. The molecule has 6 heteroatoms. The van der Waals surface area contributed by atoms with Gasteiger partial charge in [-0.25, -0.2) is 0 Å². The molecule has 78 valence electrons. The van der Waals surface area contributed by atoms with Crippen LogP contribution in [0.3, 0.4) is 0 Å². The van der Waals surface area contributed by atoms with Crippen LogP contribution >= 0.6 is 0 Å². The first-order valence-electron chi connectivity index (χ1n) is 3.89. The van der Waals surface area contributed by atoms with Gasteiger partial charge in [-0.1, -0.05) is 0 Å². The fourth-order valence-corrected chi connectivity index (χ4v) is 0.507. The predicted octanol–water partition coefficient (Wildman–Crippen LogP) is 0.654. The molecule has 2 aromatic heterocycles. The Morgan fingerprint density at radius 2 is 0.800 bits per heavy atom. The lowest BCUT2D eigenvalue weighted by atomic mass is 10.8. The van der Waals surface area contributed by atoms with Gasteiger partial charge in [-0.15, -0.1) is 0 Å². The first-order chi connectivity index (χ1) is 7.41. The van der Waals surface area contributed by atoms with Crippen molar-refractivity contribution < 1.29 is 9.90 Å². The number of carboxylic acid groups (broad SMARTS) is 1. The minimum atomic E-state index is -0.250. The zero-order valence-corrected chi connectivity index (χ0v) is 7.84. The van der Waals surface area contributed by atoms with E-state index < -0.39 is 0 Å². The van der Waals surface area contributed by atoms with Crippen LogP contribution < -0.4 is 0 Å². The number of nitrogens with zero attached hydrogens (tertiary/aromatic N) is 4. The number of hydrogen-bond acceptors (Lipinski definition) is 5. The molecular formula is C9H10N4O2. The second-order valence-electron chi connectivity index (χ2n) is 1.89. The van der Waals surface area contributed by atoms with Crippen molar-refractivity contribution in [3.63, 3.8) is 0 Å². The Balaban J connectivity index is 0.000000210. The third-order valence-electron chi connectivity index (χ3n) is 0.955. The van der Waals surface area contributed by atoms with E-state index in [1.807, 2.05) is 0 Å². The molecule has 6 nitrogen and oxygen atoms in total. The van der Waals surface area contributed by atoms with Crippen molar-refractivity contribution in [1.82, 2.24) is 19.9 Å². The van der Waals surface area contributed by atoms with Gasteiger partial charge >= 0.3 is 0 Å². The van der Waals surface area contributed by atoms with Crippen LogP contribution in [-0.2, 0) is 4.79 Å². The molecule has 0 saturated heterocycles. The molecule has 0 unspecified atom stereocenters. The summed E-state index contributed by atoms with van der Waals surface area (Å²) < 4.78 is 0. The highest BCUT2D eigenvalue weighted by atomic mass is 16.3. The topological polar surface area (TPSA) is 88.9 Å². The molecule has 0 aliphatic heterocycles. The maximum absolute atomic E-state index is 8.36. The summed E-state index contributed by atoms with van der Waals surface area (Å²) in [7, 11) is 0. The van der Waals surface area contributed by atoms with Crippen LogP contribution in [0.1, 0.15) is 0 Å². The average molecular weight is 206 g/mol. The molecule has 15 heavy (non-hydrogen) atoms. The predicted molar refractivity (Wildman–Crippen MR) is 52.8 cm³/mol. The zero-order chi connectivity index (χ0) is 11.2. The summed E-state index contributed by atoms with van der Waals surface area (Å²) in [6.07, 6.45) is 13.1. The highest BCUT2D eigenvalue weighted by Crippen LogP contribution is 1.66. The van der Waals surface area contributed by atoms with Crippen molar-refractivity contribution >= 4 is 6.47 Å². The van der Waals surface area contributed by atoms with Gasteiger partial charge < -0.3 is 5.11 Å². The molecule has 2 rings (SSSR count). The summed E-state index contributed by atoms with van der Waals surface area (Å²) in [6, 6.07) is 0. The van der Waals surface area contributed by atoms with Gasteiger partial charge in [0.25, 0.3) is 6.47 Å². The molecule has 1 N–H and O–H groups in total. The Hall–Kier alpha value is -2.37.